The number of nitrogens with zero attached hydrogens (tertiary/aromatic N) is 4. The molecule has 0 unspecified atom stereocenters. The number of carbonyl (C=O) groups is 1. The van der Waals surface area contributed by atoms with E-state index in [4.69, 9.17) is 0 Å². The van der Waals surface area contributed by atoms with Crippen LogP contribution < -0.4 is 0 Å². The lowest BCUT2D eigenvalue weighted by Crippen LogP contribution is -2.66. The van der Waals surface area contributed by atoms with Gasteiger partial charge in [0.1, 0.15) is 0 Å². The molecule has 0 bridgehead atoms. The third-order valence-corrected chi connectivity index (χ3v) is 4.70. The Morgan fingerprint density at radius 2 is 1.62 bits per heavy atom. The van der Waals surface area contributed by atoms with Gasteiger partial charge in [-0.3, -0.25) is 4.90 Å². The summed E-state index contributed by atoms with van der Waals surface area (Å²) in [5.41, 5.74) is -0.467. The molecule has 1 spiro atoms. The van der Waals surface area contributed by atoms with Crippen molar-refractivity contribution in [3.05, 3.63) is 0 Å². The van der Waals surface area contributed by atoms with Gasteiger partial charge in [0.05, 0.1) is 6.54 Å². The van der Waals surface area contributed by atoms with Crippen LogP contribution in [-0.2, 0) is 0 Å². The van der Waals surface area contributed by atoms with Crippen molar-refractivity contribution in [1.82, 2.24) is 19.6 Å². The first-order valence-electron chi connectivity index (χ1n) is 8.60. The molecule has 0 saturated carbocycles. The molecule has 2 amide bonds. The van der Waals surface area contributed by atoms with Crippen LogP contribution in [0.3, 0.4) is 0 Å². The molecule has 8 heteroatoms. The maximum absolute atomic E-state index is 12.9. The van der Waals surface area contributed by atoms with Crippen LogP contribution in [0.15, 0.2) is 0 Å². The van der Waals surface area contributed by atoms with Crippen LogP contribution in [-0.4, -0.2) is 97.8 Å². The van der Waals surface area contributed by atoms with Crippen molar-refractivity contribution in [3.8, 4) is 0 Å². The quantitative estimate of drug-likeness (QED) is 0.726. The second kappa shape index (κ2) is 8.38. The lowest BCUT2D eigenvalue weighted by Gasteiger charge is -2.54. The van der Waals surface area contributed by atoms with E-state index >= 15 is 0 Å². The van der Waals surface area contributed by atoms with E-state index in [2.05, 4.69) is 4.90 Å². The van der Waals surface area contributed by atoms with Crippen molar-refractivity contribution >= 4 is 6.03 Å². The van der Waals surface area contributed by atoms with E-state index < -0.39 is 18.3 Å². The van der Waals surface area contributed by atoms with Crippen LogP contribution in [0.4, 0.5) is 18.0 Å². The molecule has 2 aliphatic heterocycles. The van der Waals surface area contributed by atoms with Gasteiger partial charge in [-0.05, 0) is 19.9 Å². The maximum atomic E-state index is 12.9. The van der Waals surface area contributed by atoms with E-state index in [0.29, 0.717) is 45.6 Å². The van der Waals surface area contributed by atoms with Crippen LogP contribution >= 0.6 is 0 Å². The van der Waals surface area contributed by atoms with Gasteiger partial charge >= 0.3 is 12.2 Å². The van der Waals surface area contributed by atoms with E-state index in [0.717, 1.165) is 0 Å². The highest BCUT2D eigenvalue weighted by atomic mass is 19.4. The van der Waals surface area contributed by atoms with Crippen molar-refractivity contribution in [2.75, 3.05) is 60.4 Å². The van der Waals surface area contributed by atoms with Crippen molar-refractivity contribution in [2.45, 2.75) is 38.4 Å². The van der Waals surface area contributed by atoms with Gasteiger partial charge in [0.15, 0.2) is 0 Å². The number of likely N-dealkylation sites (tertiary alicyclic amines) is 1. The van der Waals surface area contributed by atoms with Gasteiger partial charge in [0.25, 0.3) is 0 Å². The van der Waals surface area contributed by atoms with Gasteiger partial charge in [-0.15, -0.1) is 0 Å². The third kappa shape index (κ3) is 5.24. The highest BCUT2D eigenvalue weighted by molar-refractivity contribution is 5.73. The molecule has 5 nitrogen and oxygen atoms in total. The molecule has 2 fully saturated rings. The van der Waals surface area contributed by atoms with Gasteiger partial charge in [-0.25, -0.2) is 4.79 Å². The zero-order chi connectivity index (χ0) is 18.5. The molecule has 0 aliphatic carbocycles. The SMILES string of the molecule is CC.CN1CCN(CC(F)(F)F)C2(CCN(C(=O)N(C)C)CC2)C1. The molecular formula is C16H31F3N4O. The molecule has 0 aromatic rings. The normalized spacial score (nSPS) is 22.1. The molecule has 2 rings (SSSR count). The number of piperazine rings is 1. The molecule has 0 aromatic carbocycles. The second-order valence-corrected chi connectivity index (χ2v) is 6.66. The first-order valence-corrected chi connectivity index (χ1v) is 8.60. The molecule has 0 aromatic heterocycles. The van der Waals surface area contributed by atoms with Crippen LogP contribution in [0.1, 0.15) is 26.7 Å². The minimum atomic E-state index is -4.18. The van der Waals surface area contributed by atoms with Gasteiger partial charge in [0, 0.05) is 52.4 Å². The molecule has 0 N–H and O–H groups in total. The van der Waals surface area contributed by atoms with Gasteiger partial charge in [0.2, 0.25) is 0 Å². The predicted octanol–water partition coefficient (Wildman–Crippen LogP) is 2.34. The molecular weight excluding hydrogens is 321 g/mol. The Morgan fingerprint density at radius 1 is 1.08 bits per heavy atom. The number of urea groups is 1. The second-order valence-electron chi connectivity index (χ2n) is 6.66. The van der Waals surface area contributed by atoms with Crippen molar-refractivity contribution in [3.63, 3.8) is 0 Å². The smallest absolute Gasteiger partial charge is 0.331 e. The number of hydrogen-bond acceptors (Lipinski definition) is 3. The van der Waals surface area contributed by atoms with Crippen molar-refractivity contribution in [1.29, 1.82) is 0 Å². The Hall–Kier alpha value is -1.02. The average Bonchev–Trinajstić information content (AvgIpc) is 2.51. The predicted molar refractivity (Wildman–Crippen MR) is 89.1 cm³/mol. The highest BCUT2D eigenvalue weighted by Gasteiger charge is 2.47. The van der Waals surface area contributed by atoms with E-state index in [1.165, 1.54) is 4.90 Å². The first kappa shape index (κ1) is 21.0. The summed E-state index contributed by atoms with van der Waals surface area (Å²) in [5.74, 6) is 0. The number of halogens is 3. The van der Waals surface area contributed by atoms with Crippen molar-refractivity contribution < 1.29 is 18.0 Å². The number of likely N-dealkylation sites (N-methyl/N-ethyl adjacent to an activating group) is 1. The summed E-state index contributed by atoms with van der Waals surface area (Å²) in [5, 5.41) is 0. The van der Waals surface area contributed by atoms with Crippen LogP contribution in [0, 0.1) is 0 Å². The number of carbonyl (C=O) groups excluding carboxylic acids is 1. The highest BCUT2D eigenvalue weighted by Crippen LogP contribution is 2.34. The summed E-state index contributed by atoms with van der Waals surface area (Å²) in [6.07, 6.45) is -3.00. The van der Waals surface area contributed by atoms with Gasteiger partial charge in [-0.1, -0.05) is 13.8 Å². The van der Waals surface area contributed by atoms with Crippen LogP contribution in [0.25, 0.3) is 0 Å². The summed E-state index contributed by atoms with van der Waals surface area (Å²) >= 11 is 0. The maximum Gasteiger partial charge on any atom is 0.401 e. The minimum Gasteiger partial charge on any atom is -0.331 e. The number of hydrogen-bond donors (Lipinski definition) is 0. The zero-order valence-electron chi connectivity index (χ0n) is 15.5. The van der Waals surface area contributed by atoms with E-state index in [1.807, 2.05) is 20.9 Å². The lowest BCUT2D eigenvalue weighted by atomic mass is 9.83. The number of piperidine rings is 1. The summed E-state index contributed by atoms with van der Waals surface area (Å²) in [6.45, 7) is 5.88. The largest absolute Gasteiger partial charge is 0.401 e. The fourth-order valence-corrected chi connectivity index (χ4v) is 3.54. The number of alkyl halides is 3. The Kier molecular flexibility index (Phi) is 7.34. The average molecular weight is 352 g/mol. The zero-order valence-corrected chi connectivity index (χ0v) is 15.5. The summed E-state index contributed by atoms with van der Waals surface area (Å²) in [4.78, 5) is 18.9. The van der Waals surface area contributed by atoms with E-state index in [9.17, 15) is 18.0 Å². The van der Waals surface area contributed by atoms with Crippen LogP contribution in [0.2, 0.25) is 0 Å². The summed E-state index contributed by atoms with van der Waals surface area (Å²) in [7, 11) is 5.33. The Balaban J connectivity index is 0.00000139. The molecule has 0 radical (unpaired) electrons. The first-order chi connectivity index (χ1) is 11.1. The number of amides is 2. The Bertz CT molecular complexity index is 407. The van der Waals surface area contributed by atoms with E-state index in [-0.39, 0.29) is 6.03 Å². The topological polar surface area (TPSA) is 30.0 Å². The Morgan fingerprint density at radius 3 is 2.08 bits per heavy atom. The molecule has 0 atom stereocenters. The minimum absolute atomic E-state index is 0.0682. The third-order valence-electron chi connectivity index (χ3n) is 4.70. The van der Waals surface area contributed by atoms with Gasteiger partial charge < -0.3 is 14.7 Å². The molecule has 142 valence electrons. The summed E-state index contributed by atoms with van der Waals surface area (Å²) < 4.78 is 38.6. The Labute approximate surface area is 143 Å². The molecule has 2 aliphatic rings. The molecule has 2 saturated heterocycles. The monoisotopic (exact) mass is 352 g/mol. The number of rotatable bonds is 1. The van der Waals surface area contributed by atoms with E-state index in [1.54, 1.807) is 23.9 Å². The van der Waals surface area contributed by atoms with Gasteiger partial charge in [-0.2, -0.15) is 13.2 Å². The van der Waals surface area contributed by atoms with Crippen LogP contribution in [0.5, 0.6) is 0 Å². The standard InChI is InChI=1S/C14H25F3N4O.C2H6/c1-18(2)12(22)20-6-4-13(5-7-20)10-19(3)8-9-21(13)11-14(15,16)17;1-2/h4-11H2,1-3H3;1-2H3. The fraction of sp³-hybridized carbons (Fsp3) is 0.938. The molecule has 24 heavy (non-hydrogen) atoms. The summed E-state index contributed by atoms with van der Waals surface area (Å²) in [6, 6.07) is -0.0682. The van der Waals surface area contributed by atoms with Crippen molar-refractivity contribution in [2.24, 2.45) is 0 Å². The fourth-order valence-electron chi connectivity index (χ4n) is 3.54. The molecule has 2 heterocycles. The lowest BCUT2D eigenvalue weighted by molar-refractivity contribution is -0.172.